The molecule has 3 aromatic carbocycles. The van der Waals surface area contributed by atoms with Gasteiger partial charge in [-0.25, -0.2) is 9.79 Å². The van der Waals surface area contributed by atoms with E-state index in [1.54, 1.807) is 50.8 Å². The molecule has 8 nitrogen and oxygen atoms in total. The Hall–Kier alpha value is -4.89. The maximum absolute atomic E-state index is 14.3. The monoisotopic (exact) mass is 593 g/mol. The fraction of sp³-hybridized carbons (Fsp3) is 0.206. The molecule has 2 aromatic heterocycles. The Balaban J connectivity index is 1.55. The average molecular weight is 594 g/mol. The number of nitrogens with zero attached hydrogens (tertiary/aromatic N) is 3. The van der Waals surface area contributed by atoms with Crippen molar-refractivity contribution in [3.05, 3.63) is 127 Å². The molecule has 1 aliphatic rings. The lowest BCUT2D eigenvalue weighted by Crippen LogP contribution is -2.40. The minimum atomic E-state index is -0.818. The maximum atomic E-state index is 14.3. The Bertz CT molecular complexity index is 2050. The second-order valence-corrected chi connectivity index (χ2v) is 11.1. The summed E-state index contributed by atoms with van der Waals surface area (Å²) in [6, 6.07) is 22.9. The molecule has 218 valence electrons. The molecule has 0 bridgehead atoms. The van der Waals surface area contributed by atoms with E-state index in [1.807, 2.05) is 36.4 Å². The van der Waals surface area contributed by atoms with Crippen molar-refractivity contribution in [2.24, 2.45) is 4.99 Å². The average Bonchev–Trinajstić information content (AvgIpc) is 3.52. The standard InChI is InChI=1S/C34H31N3O5S/c1-5-42-33(39)30-21(2)35-34-37(31(30)26-18-24(40-3)15-16-28(26)41-4)32(38)29(43-34)17-23-20-36(19-22-11-7-6-8-12-22)27-14-10-9-13-25(23)27/h6-18,20,31H,5,19H2,1-4H3/b29-17-/t31-/m0/s1. The molecule has 9 heteroatoms. The zero-order valence-corrected chi connectivity index (χ0v) is 25.2. The highest BCUT2D eigenvalue weighted by atomic mass is 32.1. The van der Waals surface area contributed by atoms with E-state index >= 15 is 0 Å². The fourth-order valence-electron chi connectivity index (χ4n) is 5.58. The molecule has 0 radical (unpaired) electrons. The van der Waals surface area contributed by atoms with Crippen molar-refractivity contribution in [2.45, 2.75) is 26.4 Å². The molecule has 43 heavy (non-hydrogen) atoms. The quantitative estimate of drug-likeness (QED) is 0.241. The van der Waals surface area contributed by atoms with E-state index in [0.717, 1.165) is 16.5 Å². The maximum Gasteiger partial charge on any atom is 0.338 e. The van der Waals surface area contributed by atoms with Crippen molar-refractivity contribution in [3.8, 4) is 11.5 Å². The van der Waals surface area contributed by atoms with E-state index in [0.29, 0.717) is 38.6 Å². The van der Waals surface area contributed by atoms with Gasteiger partial charge in [-0.1, -0.05) is 59.9 Å². The largest absolute Gasteiger partial charge is 0.497 e. The number of fused-ring (bicyclic) bond motifs is 2. The van der Waals surface area contributed by atoms with Gasteiger partial charge in [0.25, 0.3) is 5.56 Å². The highest BCUT2D eigenvalue weighted by Crippen LogP contribution is 2.38. The summed E-state index contributed by atoms with van der Waals surface area (Å²) in [5, 5.41) is 1.04. The van der Waals surface area contributed by atoms with Gasteiger partial charge in [0, 0.05) is 34.8 Å². The Kier molecular flexibility index (Phi) is 7.73. The van der Waals surface area contributed by atoms with Gasteiger partial charge in [-0.05, 0) is 49.8 Å². The van der Waals surface area contributed by atoms with Gasteiger partial charge in [0.1, 0.15) is 17.5 Å². The lowest BCUT2D eigenvalue weighted by molar-refractivity contribution is -0.139. The summed E-state index contributed by atoms with van der Waals surface area (Å²) in [7, 11) is 3.12. The molecule has 1 atom stereocenters. The van der Waals surface area contributed by atoms with Crippen LogP contribution in [0.2, 0.25) is 0 Å². The summed E-state index contributed by atoms with van der Waals surface area (Å²) >= 11 is 1.29. The third kappa shape index (κ3) is 5.17. The SMILES string of the molecule is CCOC(=O)C1=C(C)N=c2s/c(=C\c3cn(Cc4ccccc4)c4ccccc34)c(=O)n2[C@H]1c1cc(OC)ccc1OC. The molecular formula is C34H31N3O5S. The number of esters is 1. The number of ether oxygens (including phenoxy) is 3. The van der Waals surface area contributed by atoms with Gasteiger partial charge >= 0.3 is 5.97 Å². The zero-order valence-electron chi connectivity index (χ0n) is 24.4. The number of hydrogen-bond acceptors (Lipinski definition) is 7. The van der Waals surface area contributed by atoms with Crippen LogP contribution >= 0.6 is 11.3 Å². The smallest absolute Gasteiger partial charge is 0.338 e. The molecule has 0 N–H and O–H groups in total. The molecule has 0 unspecified atom stereocenters. The Labute approximate surface area is 252 Å². The Morgan fingerprint density at radius 3 is 2.53 bits per heavy atom. The van der Waals surface area contributed by atoms with Crippen LogP contribution in [0.1, 0.15) is 36.6 Å². The van der Waals surface area contributed by atoms with Gasteiger partial charge in [0.05, 0.1) is 36.6 Å². The van der Waals surface area contributed by atoms with E-state index in [4.69, 9.17) is 19.2 Å². The van der Waals surface area contributed by atoms with Gasteiger partial charge in [0.2, 0.25) is 0 Å². The molecule has 0 fully saturated rings. The van der Waals surface area contributed by atoms with Gasteiger partial charge in [0.15, 0.2) is 4.80 Å². The van der Waals surface area contributed by atoms with Crippen LogP contribution in [0.25, 0.3) is 17.0 Å². The lowest BCUT2D eigenvalue weighted by Gasteiger charge is -2.26. The highest BCUT2D eigenvalue weighted by molar-refractivity contribution is 7.07. The van der Waals surface area contributed by atoms with E-state index < -0.39 is 12.0 Å². The summed E-state index contributed by atoms with van der Waals surface area (Å²) < 4.78 is 20.9. The number of para-hydroxylation sites is 1. The second-order valence-electron chi connectivity index (χ2n) is 10.1. The number of carbonyl (C=O) groups excluding carboxylic acids is 1. The lowest BCUT2D eigenvalue weighted by atomic mass is 9.94. The predicted octanol–water partition coefficient (Wildman–Crippen LogP) is 4.82. The van der Waals surface area contributed by atoms with E-state index in [1.165, 1.54) is 16.9 Å². The summed E-state index contributed by atoms with van der Waals surface area (Å²) in [5.74, 6) is 0.555. The Morgan fingerprint density at radius 2 is 1.79 bits per heavy atom. The van der Waals surface area contributed by atoms with Crippen LogP contribution in [0.15, 0.2) is 100 Å². The molecule has 6 rings (SSSR count). The number of hydrogen-bond donors (Lipinski definition) is 0. The number of aromatic nitrogens is 2. The van der Waals surface area contributed by atoms with Crippen molar-refractivity contribution in [1.29, 1.82) is 0 Å². The van der Waals surface area contributed by atoms with E-state index in [9.17, 15) is 9.59 Å². The van der Waals surface area contributed by atoms with Gasteiger partial charge in [-0.3, -0.25) is 9.36 Å². The first kappa shape index (κ1) is 28.2. The summed E-state index contributed by atoms with van der Waals surface area (Å²) in [4.78, 5) is 32.8. The highest BCUT2D eigenvalue weighted by Gasteiger charge is 2.35. The van der Waals surface area contributed by atoms with E-state index in [2.05, 4.69) is 35.0 Å². The van der Waals surface area contributed by atoms with Gasteiger partial charge < -0.3 is 18.8 Å². The minimum absolute atomic E-state index is 0.190. The molecule has 0 amide bonds. The fourth-order valence-corrected chi connectivity index (χ4v) is 6.62. The van der Waals surface area contributed by atoms with Crippen molar-refractivity contribution in [2.75, 3.05) is 20.8 Å². The Morgan fingerprint density at radius 1 is 1.02 bits per heavy atom. The van der Waals surface area contributed by atoms with Gasteiger partial charge in [-0.2, -0.15) is 0 Å². The summed E-state index contributed by atoms with van der Waals surface area (Å²) in [5.41, 5.74) is 4.30. The first-order valence-corrected chi connectivity index (χ1v) is 14.8. The number of methoxy groups -OCH3 is 2. The second kappa shape index (κ2) is 11.8. The molecule has 5 aromatic rings. The number of carbonyl (C=O) groups is 1. The molecular weight excluding hydrogens is 562 g/mol. The van der Waals surface area contributed by atoms with Crippen molar-refractivity contribution < 1.29 is 19.0 Å². The molecule has 0 saturated heterocycles. The first-order valence-electron chi connectivity index (χ1n) is 14.0. The van der Waals surface area contributed by atoms with Crippen LogP contribution in [-0.2, 0) is 16.1 Å². The van der Waals surface area contributed by atoms with Crippen molar-refractivity contribution >= 4 is 34.3 Å². The van der Waals surface area contributed by atoms with Crippen molar-refractivity contribution in [1.82, 2.24) is 9.13 Å². The molecule has 3 heterocycles. The van der Waals surface area contributed by atoms with Crippen LogP contribution < -0.4 is 24.4 Å². The number of benzene rings is 3. The number of thiazole rings is 1. The van der Waals surface area contributed by atoms with E-state index in [-0.39, 0.29) is 17.7 Å². The zero-order chi connectivity index (χ0) is 30.1. The summed E-state index contributed by atoms with van der Waals surface area (Å²) in [6.45, 7) is 4.40. The number of allylic oxidation sites excluding steroid dienone is 1. The van der Waals surface area contributed by atoms with Crippen LogP contribution in [0.4, 0.5) is 0 Å². The molecule has 0 aliphatic carbocycles. The molecule has 0 saturated carbocycles. The third-order valence-corrected chi connectivity index (χ3v) is 8.53. The molecule has 0 spiro atoms. The normalized spacial score (nSPS) is 14.9. The number of rotatable bonds is 8. The molecule has 1 aliphatic heterocycles. The topological polar surface area (TPSA) is 84.1 Å². The van der Waals surface area contributed by atoms with Crippen molar-refractivity contribution in [3.63, 3.8) is 0 Å². The van der Waals surface area contributed by atoms with Crippen LogP contribution in [0, 0.1) is 0 Å². The van der Waals surface area contributed by atoms with Crippen LogP contribution in [0.3, 0.4) is 0 Å². The summed E-state index contributed by atoms with van der Waals surface area (Å²) in [6.07, 6.45) is 3.99. The van der Waals surface area contributed by atoms with Crippen LogP contribution in [-0.4, -0.2) is 35.9 Å². The predicted molar refractivity (Wildman–Crippen MR) is 167 cm³/mol. The third-order valence-electron chi connectivity index (χ3n) is 7.55. The minimum Gasteiger partial charge on any atom is -0.497 e. The van der Waals surface area contributed by atoms with Gasteiger partial charge in [-0.15, -0.1) is 0 Å². The first-order chi connectivity index (χ1) is 20.9. The van der Waals surface area contributed by atoms with Crippen LogP contribution in [0.5, 0.6) is 11.5 Å².